The number of amides is 1. The van der Waals surface area contributed by atoms with Crippen molar-refractivity contribution < 1.29 is 31.5 Å². The van der Waals surface area contributed by atoms with Gasteiger partial charge in [-0.2, -0.15) is 17.5 Å². The summed E-state index contributed by atoms with van der Waals surface area (Å²) in [6, 6.07) is 1.29. The molecule has 0 bridgehead atoms. The molecule has 1 amide bonds. The zero-order valence-corrected chi connectivity index (χ0v) is 15.0. The van der Waals surface area contributed by atoms with E-state index in [-0.39, 0.29) is 29.6 Å². The Kier molecular flexibility index (Phi) is 6.13. The van der Waals surface area contributed by atoms with E-state index in [0.717, 1.165) is 15.6 Å². The lowest BCUT2D eigenvalue weighted by Gasteiger charge is -2.37. The third kappa shape index (κ3) is 4.72. The molecule has 1 aromatic rings. The van der Waals surface area contributed by atoms with Crippen molar-refractivity contribution in [2.45, 2.75) is 55.3 Å². The Labute approximate surface area is 147 Å². The summed E-state index contributed by atoms with van der Waals surface area (Å²) in [4.78, 5) is 11.5. The van der Waals surface area contributed by atoms with E-state index in [9.17, 15) is 31.5 Å². The Balaban J connectivity index is 2.25. The molecule has 6 nitrogen and oxygen atoms in total. The Bertz CT molecular complexity index is 718. The molecule has 25 heavy (non-hydrogen) atoms. The van der Waals surface area contributed by atoms with Crippen LogP contribution in [-0.4, -0.2) is 48.6 Å². The molecular formula is C14H19F3N2O4S2. The number of halogens is 3. The average molecular weight is 400 g/mol. The van der Waals surface area contributed by atoms with E-state index in [1.165, 1.54) is 19.1 Å². The lowest BCUT2D eigenvalue weighted by molar-refractivity contribution is -0.219. The fourth-order valence-electron chi connectivity index (χ4n) is 2.68. The molecule has 1 aliphatic heterocycles. The quantitative estimate of drug-likeness (QED) is 0.790. The molecule has 2 N–H and O–H groups in total. The van der Waals surface area contributed by atoms with E-state index in [1.54, 1.807) is 0 Å². The van der Waals surface area contributed by atoms with Crippen molar-refractivity contribution in [3.05, 3.63) is 17.0 Å². The van der Waals surface area contributed by atoms with Crippen molar-refractivity contribution in [1.82, 2.24) is 9.62 Å². The number of nitrogens with one attached hydrogen (secondary N) is 1. The second-order valence-corrected chi connectivity index (χ2v) is 9.08. The fourth-order valence-corrected chi connectivity index (χ4v) is 5.80. The molecule has 2 atom stereocenters. The third-order valence-corrected chi connectivity index (χ3v) is 7.39. The van der Waals surface area contributed by atoms with Crippen molar-refractivity contribution >= 4 is 27.3 Å². The zero-order chi connectivity index (χ0) is 18.8. The summed E-state index contributed by atoms with van der Waals surface area (Å²) in [5, 5.41) is 12.1. The smallest absolute Gasteiger partial charge is 0.382 e. The van der Waals surface area contributed by atoms with Crippen LogP contribution < -0.4 is 5.32 Å². The molecule has 1 saturated heterocycles. The molecule has 1 aromatic heterocycles. The molecule has 0 radical (unpaired) electrons. The summed E-state index contributed by atoms with van der Waals surface area (Å²) in [6.07, 6.45) is -6.81. The number of aliphatic hydroxyl groups excluding tert-OH is 1. The highest BCUT2D eigenvalue weighted by Crippen LogP contribution is 2.35. The second kappa shape index (κ2) is 7.60. The van der Waals surface area contributed by atoms with Gasteiger partial charge < -0.3 is 10.4 Å². The minimum atomic E-state index is -4.89. The summed E-state index contributed by atoms with van der Waals surface area (Å²) in [5.41, 5.74) is 0. The normalized spacial score (nSPS) is 21.1. The second-order valence-electron chi connectivity index (χ2n) is 5.80. The zero-order valence-electron chi connectivity index (χ0n) is 13.4. The van der Waals surface area contributed by atoms with Crippen molar-refractivity contribution in [3.63, 3.8) is 0 Å². The molecule has 1 aliphatic rings. The Morgan fingerprint density at radius 2 is 2.12 bits per heavy atom. The lowest BCUT2D eigenvalue weighted by Crippen LogP contribution is -2.54. The lowest BCUT2D eigenvalue weighted by atomic mass is 9.99. The molecule has 0 saturated carbocycles. The SMILES string of the molecule is CC(=O)NCc1ccc(S(=O)(=O)N2CCCC[C@H]2[C@H](O)C(F)(F)F)s1. The number of hydrogen-bond acceptors (Lipinski definition) is 5. The van der Waals surface area contributed by atoms with Crippen LogP contribution in [0, 0.1) is 0 Å². The van der Waals surface area contributed by atoms with E-state index >= 15 is 0 Å². The van der Waals surface area contributed by atoms with Gasteiger partial charge in [0.15, 0.2) is 6.10 Å². The molecule has 142 valence electrons. The third-order valence-electron chi connectivity index (χ3n) is 3.91. The number of nitrogens with zero attached hydrogens (tertiary/aromatic N) is 1. The molecular weight excluding hydrogens is 381 g/mol. The molecule has 0 aromatic carbocycles. The van der Waals surface area contributed by atoms with Crippen LogP contribution in [0.2, 0.25) is 0 Å². The first kappa shape index (κ1) is 20.1. The Hall–Kier alpha value is -1.17. The average Bonchev–Trinajstić information content (AvgIpc) is 3.01. The van der Waals surface area contributed by atoms with Gasteiger partial charge >= 0.3 is 6.18 Å². The van der Waals surface area contributed by atoms with Crippen LogP contribution in [0.1, 0.15) is 31.1 Å². The molecule has 1 fully saturated rings. The standard InChI is InChI=1S/C14H19F3N2O4S2/c1-9(20)18-8-10-5-6-12(24-10)25(22,23)19-7-3-2-4-11(19)13(21)14(15,16)17/h5-6,11,13,21H,2-4,7-8H2,1H3,(H,18,20)/t11-,13-/m0/s1. The number of carbonyl (C=O) groups is 1. The maximum Gasteiger partial charge on any atom is 0.415 e. The molecule has 0 unspecified atom stereocenters. The molecule has 0 aliphatic carbocycles. The number of alkyl halides is 3. The van der Waals surface area contributed by atoms with Crippen LogP contribution in [0.15, 0.2) is 16.3 Å². The van der Waals surface area contributed by atoms with Gasteiger partial charge in [0.05, 0.1) is 12.6 Å². The van der Waals surface area contributed by atoms with E-state index in [4.69, 9.17) is 0 Å². The summed E-state index contributed by atoms with van der Waals surface area (Å²) < 4.78 is 64.8. The number of carbonyl (C=O) groups excluding carboxylic acids is 1. The minimum absolute atomic E-state index is 0.0516. The maximum atomic E-state index is 12.9. The number of sulfonamides is 1. The van der Waals surface area contributed by atoms with Crippen molar-refractivity contribution in [2.75, 3.05) is 6.54 Å². The maximum absolute atomic E-state index is 12.9. The van der Waals surface area contributed by atoms with Gasteiger partial charge in [-0.25, -0.2) is 8.42 Å². The van der Waals surface area contributed by atoms with Crippen LogP contribution in [0.3, 0.4) is 0 Å². The van der Waals surface area contributed by atoms with Crippen LogP contribution in [-0.2, 0) is 21.4 Å². The number of rotatable bonds is 5. The molecule has 0 spiro atoms. The van der Waals surface area contributed by atoms with Crippen LogP contribution in [0.25, 0.3) is 0 Å². The first-order valence-electron chi connectivity index (χ1n) is 7.63. The minimum Gasteiger partial charge on any atom is -0.382 e. The van der Waals surface area contributed by atoms with Gasteiger partial charge in [0.2, 0.25) is 5.91 Å². The monoisotopic (exact) mass is 400 g/mol. The predicted octanol–water partition coefficient (Wildman–Crippen LogP) is 1.85. The van der Waals surface area contributed by atoms with Crippen molar-refractivity contribution in [2.24, 2.45) is 0 Å². The van der Waals surface area contributed by atoms with E-state index < -0.39 is 28.3 Å². The van der Waals surface area contributed by atoms with Gasteiger partial charge in [-0.1, -0.05) is 6.42 Å². The van der Waals surface area contributed by atoms with Crippen molar-refractivity contribution in [3.8, 4) is 0 Å². The molecule has 2 heterocycles. The Morgan fingerprint density at radius 3 is 2.72 bits per heavy atom. The number of piperidine rings is 1. The highest BCUT2D eigenvalue weighted by Gasteiger charge is 2.49. The summed E-state index contributed by atoms with van der Waals surface area (Å²) in [7, 11) is -4.16. The first-order chi connectivity index (χ1) is 11.5. The predicted molar refractivity (Wildman–Crippen MR) is 85.4 cm³/mol. The van der Waals surface area contributed by atoms with Crippen LogP contribution in [0.4, 0.5) is 13.2 Å². The van der Waals surface area contributed by atoms with Gasteiger partial charge in [0.25, 0.3) is 10.0 Å². The van der Waals surface area contributed by atoms with Crippen LogP contribution in [0.5, 0.6) is 0 Å². The summed E-state index contributed by atoms with van der Waals surface area (Å²) in [6.45, 7) is 1.39. The summed E-state index contributed by atoms with van der Waals surface area (Å²) in [5.74, 6) is -0.276. The number of thiophene rings is 1. The van der Waals surface area contributed by atoms with Gasteiger partial charge in [0.1, 0.15) is 4.21 Å². The topological polar surface area (TPSA) is 86.7 Å². The van der Waals surface area contributed by atoms with E-state index in [0.29, 0.717) is 17.7 Å². The Morgan fingerprint density at radius 1 is 1.44 bits per heavy atom. The highest BCUT2D eigenvalue weighted by atomic mass is 32.2. The fraction of sp³-hybridized carbons (Fsp3) is 0.643. The largest absolute Gasteiger partial charge is 0.415 e. The summed E-state index contributed by atoms with van der Waals surface area (Å²) >= 11 is 0.889. The first-order valence-corrected chi connectivity index (χ1v) is 9.89. The van der Waals surface area contributed by atoms with E-state index in [2.05, 4.69) is 5.32 Å². The van der Waals surface area contributed by atoms with Crippen molar-refractivity contribution in [1.29, 1.82) is 0 Å². The van der Waals surface area contributed by atoms with E-state index in [1.807, 2.05) is 0 Å². The van der Waals surface area contributed by atoms with Gasteiger partial charge in [-0.05, 0) is 25.0 Å². The highest BCUT2D eigenvalue weighted by molar-refractivity contribution is 7.91. The van der Waals surface area contributed by atoms with Gasteiger partial charge in [-0.15, -0.1) is 11.3 Å². The van der Waals surface area contributed by atoms with Crippen LogP contribution >= 0.6 is 11.3 Å². The van der Waals surface area contributed by atoms with Gasteiger partial charge in [-0.3, -0.25) is 4.79 Å². The molecule has 2 rings (SSSR count). The number of hydrogen-bond donors (Lipinski definition) is 2. The van der Waals surface area contributed by atoms with Gasteiger partial charge in [0, 0.05) is 18.3 Å². The number of aliphatic hydroxyl groups is 1. The molecule has 11 heteroatoms.